The number of carbonyl (C=O) groups is 1. The van der Waals surface area contributed by atoms with Gasteiger partial charge < -0.3 is 16.0 Å². The molecule has 134 valence electrons. The molecular formula is C17H28N4O3. The molecule has 1 aromatic carbocycles. The van der Waals surface area contributed by atoms with Crippen molar-refractivity contribution in [3.63, 3.8) is 0 Å². The van der Waals surface area contributed by atoms with Gasteiger partial charge in [-0.2, -0.15) is 0 Å². The third kappa shape index (κ3) is 6.95. The molecule has 7 heteroatoms. The summed E-state index contributed by atoms with van der Waals surface area (Å²) in [6.07, 6.45) is 1.98. The van der Waals surface area contributed by atoms with Gasteiger partial charge in [-0.3, -0.25) is 14.9 Å². The lowest BCUT2D eigenvalue weighted by Gasteiger charge is -2.21. The summed E-state index contributed by atoms with van der Waals surface area (Å²) in [4.78, 5) is 23.9. The fraction of sp³-hybridized carbons (Fsp3) is 0.588. The standard InChI is InChI=1S/C17H28N4O3/c1-13(2)16(18)10-12-20(3)17(22)5-4-11-19-14-6-8-15(9-7-14)21(23)24/h6-9,13,16,19H,4-5,10-12,18H2,1-3H3. The molecule has 0 aliphatic rings. The minimum absolute atomic E-state index is 0.0666. The molecule has 24 heavy (non-hydrogen) atoms. The van der Waals surface area contributed by atoms with Gasteiger partial charge in [0.15, 0.2) is 0 Å². The number of amides is 1. The number of nitrogens with two attached hydrogens (primary N) is 1. The van der Waals surface area contributed by atoms with Crippen molar-refractivity contribution in [2.45, 2.75) is 39.2 Å². The van der Waals surface area contributed by atoms with Crippen LogP contribution in [0.1, 0.15) is 33.1 Å². The van der Waals surface area contributed by atoms with Gasteiger partial charge >= 0.3 is 0 Å². The molecule has 1 unspecified atom stereocenters. The van der Waals surface area contributed by atoms with E-state index in [1.54, 1.807) is 24.1 Å². The van der Waals surface area contributed by atoms with Gasteiger partial charge in [0.25, 0.3) is 5.69 Å². The highest BCUT2D eigenvalue weighted by atomic mass is 16.6. The van der Waals surface area contributed by atoms with Gasteiger partial charge in [-0.05, 0) is 30.9 Å². The Morgan fingerprint density at radius 1 is 1.33 bits per heavy atom. The Kier molecular flexibility index (Phi) is 8.18. The molecule has 1 amide bonds. The molecule has 0 spiro atoms. The summed E-state index contributed by atoms with van der Waals surface area (Å²) in [5, 5.41) is 13.7. The number of nitro groups is 1. The molecule has 0 radical (unpaired) electrons. The predicted molar refractivity (Wildman–Crippen MR) is 95.9 cm³/mol. The van der Waals surface area contributed by atoms with Crippen molar-refractivity contribution < 1.29 is 9.72 Å². The minimum atomic E-state index is -0.427. The van der Waals surface area contributed by atoms with Crippen LogP contribution < -0.4 is 11.1 Å². The van der Waals surface area contributed by atoms with Crippen LogP contribution in [0.4, 0.5) is 11.4 Å². The lowest BCUT2D eigenvalue weighted by molar-refractivity contribution is -0.384. The number of hydrogen-bond acceptors (Lipinski definition) is 5. The van der Waals surface area contributed by atoms with Crippen LogP contribution in [-0.2, 0) is 4.79 Å². The van der Waals surface area contributed by atoms with Crippen LogP contribution in [0.15, 0.2) is 24.3 Å². The number of hydrogen-bond donors (Lipinski definition) is 2. The maximum atomic E-state index is 12.0. The van der Waals surface area contributed by atoms with Gasteiger partial charge in [-0.1, -0.05) is 13.8 Å². The number of non-ortho nitro benzene ring substituents is 1. The number of benzene rings is 1. The molecule has 1 atom stereocenters. The summed E-state index contributed by atoms with van der Waals surface area (Å²) < 4.78 is 0. The van der Waals surface area contributed by atoms with Gasteiger partial charge in [-0.15, -0.1) is 0 Å². The molecule has 7 nitrogen and oxygen atoms in total. The second kappa shape index (κ2) is 9.87. The van der Waals surface area contributed by atoms with E-state index in [1.807, 2.05) is 0 Å². The van der Waals surface area contributed by atoms with Crippen LogP contribution in [0, 0.1) is 16.0 Å². The van der Waals surface area contributed by atoms with Crippen molar-refractivity contribution in [1.29, 1.82) is 0 Å². The van der Waals surface area contributed by atoms with Crippen LogP contribution in [-0.4, -0.2) is 41.9 Å². The van der Waals surface area contributed by atoms with E-state index in [2.05, 4.69) is 19.2 Å². The Balaban J connectivity index is 2.24. The monoisotopic (exact) mass is 336 g/mol. The lowest BCUT2D eigenvalue weighted by Crippen LogP contribution is -2.34. The second-order valence-electron chi connectivity index (χ2n) is 6.35. The molecule has 0 saturated carbocycles. The Bertz CT molecular complexity index is 531. The Hall–Kier alpha value is -2.15. The van der Waals surface area contributed by atoms with E-state index in [0.717, 1.165) is 12.1 Å². The van der Waals surface area contributed by atoms with Crippen molar-refractivity contribution >= 4 is 17.3 Å². The van der Waals surface area contributed by atoms with Crippen molar-refractivity contribution in [3.05, 3.63) is 34.4 Å². The molecule has 0 heterocycles. The maximum absolute atomic E-state index is 12.0. The predicted octanol–water partition coefficient (Wildman–Crippen LogP) is 2.62. The van der Waals surface area contributed by atoms with Gasteiger partial charge in [-0.25, -0.2) is 0 Å². The summed E-state index contributed by atoms with van der Waals surface area (Å²) in [6.45, 7) is 5.48. The quantitative estimate of drug-likeness (QED) is 0.388. The summed E-state index contributed by atoms with van der Waals surface area (Å²) >= 11 is 0. The van der Waals surface area contributed by atoms with Crippen molar-refractivity contribution in [3.8, 4) is 0 Å². The van der Waals surface area contributed by atoms with E-state index >= 15 is 0 Å². The Morgan fingerprint density at radius 2 is 1.96 bits per heavy atom. The number of nitrogens with one attached hydrogen (secondary N) is 1. The second-order valence-corrected chi connectivity index (χ2v) is 6.35. The summed E-state index contributed by atoms with van der Waals surface area (Å²) in [5.74, 6) is 0.524. The average molecular weight is 336 g/mol. The van der Waals surface area contributed by atoms with Crippen LogP contribution in [0.3, 0.4) is 0 Å². The highest BCUT2D eigenvalue weighted by Crippen LogP contribution is 2.15. The minimum Gasteiger partial charge on any atom is -0.385 e. The van der Waals surface area contributed by atoms with Gasteiger partial charge in [0.05, 0.1) is 4.92 Å². The molecule has 0 saturated heterocycles. The maximum Gasteiger partial charge on any atom is 0.269 e. The van der Waals surface area contributed by atoms with E-state index < -0.39 is 4.92 Å². The highest BCUT2D eigenvalue weighted by molar-refractivity contribution is 5.75. The molecule has 0 aliphatic heterocycles. The molecule has 0 aliphatic carbocycles. The van der Waals surface area contributed by atoms with Crippen molar-refractivity contribution in [2.75, 3.05) is 25.5 Å². The van der Waals surface area contributed by atoms with Crippen molar-refractivity contribution in [2.24, 2.45) is 11.7 Å². The normalized spacial score (nSPS) is 12.0. The van der Waals surface area contributed by atoms with Crippen LogP contribution in [0.5, 0.6) is 0 Å². The summed E-state index contributed by atoms with van der Waals surface area (Å²) in [7, 11) is 1.80. The number of rotatable bonds is 10. The van der Waals surface area contributed by atoms with E-state index in [0.29, 0.717) is 31.8 Å². The topological polar surface area (TPSA) is 102 Å². The van der Waals surface area contributed by atoms with Crippen LogP contribution in [0.2, 0.25) is 0 Å². The molecule has 0 aromatic heterocycles. The third-order valence-electron chi connectivity index (χ3n) is 4.05. The van der Waals surface area contributed by atoms with E-state index in [1.165, 1.54) is 12.1 Å². The number of anilines is 1. The zero-order chi connectivity index (χ0) is 18.1. The summed E-state index contributed by atoms with van der Waals surface area (Å²) in [5.41, 5.74) is 6.87. The van der Waals surface area contributed by atoms with E-state index in [4.69, 9.17) is 5.73 Å². The fourth-order valence-electron chi connectivity index (χ4n) is 2.16. The number of carbonyl (C=O) groups excluding carboxylic acids is 1. The number of nitro benzene ring substituents is 1. The largest absolute Gasteiger partial charge is 0.385 e. The van der Waals surface area contributed by atoms with E-state index in [9.17, 15) is 14.9 Å². The smallest absolute Gasteiger partial charge is 0.269 e. The van der Waals surface area contributed by atoms with E-state index in [-0.39, 0.29) is 17.6 Å². The molecule has 0 bridgehead atoms. The van der Waals surface area contributed by atoms with Gasteiger partial charge in [0.2, 0.25) is 5.91 Å². The zero-order valence-corrected chi connectivity index (χ0v) is 14.7. The Labute approximate surface area is 143 Å². The first-order valence-corrected chi connectivity index (χ1v) is 8.29. The van der Waals surface area contributed by atoms with Crippen LogP contribution in [0.25, 0.3) is 0 Å². The van der Waals surface area contributed by atoms with Gasteiger partial charge in [0, 0.05) is 50.4 Å². The van der Waals surface area contributed by atoms with Gasteiger partial charge in [0.1, 0.15) is 0 Å². The highest BCUT2D eigenvalue weighted by Gasteiger charge is 2.12. The molecule has 1 aromatic rings. The van der Waals surface area contributed by atoms with Crippen molar-refractivity contribution in [1.82, 2.24) is 4.90 Å². The fourth-order valence-corrected chi connectivity index (χ4v) is 2.16. The first-order chi connectivity index (χ1) is 11.3. The first kappa shape index (κ1) is 19.9. The molecule has 1 rings (SSSR count). The SMILES string of the molecule is CC(C)C(N)CCN(C)C(=O)CCCNc1ccc([N+](=O)[O-])cc1. The molecule has 3 N–H and O–H groups in total. The molecular weight excluding hydrogens is 308 g/mol. The Morgan fingerprint density at radius 3 is 2.50 bits per heavy atom. The molecule has 0 fully saturated rings. The lowest BCUT2D eigenvalue weighted by atomic mass is 10.0. The summed E-state index contributed by atoms with van der Waals surface area (Å²) in [6, 6.07) is 6.36. The third-order valence-corrected chi connectivity index (χ3v) is 4.05. The first-order valence-electron chi connectivity index (χ1n) is 8.29. The zero-order valence-electron chi connectivity index (χ0n) is 14.7. The number of nitrogens with zero attached hydrogens (tertiary/aromatic N) is 2. The van der Waals surface area contributed by atoms with Crippen LogP contribution >= 0.6 is 0 Å². The average Bonchev–Trinajstić information content (AvgIpc) is 2.56.